The lowest BCUT2D eigenvalue weighted by molar-refractivity contribution is -0.145. The van der Waals surface area contributed by atoms with Crippen LogP contribution in [-0.2, 0) is 9.59 Å². The minimum atomic E-state index is -0.971. The third-order valence-electron chi connectivity index (χ3n) is 3.37. The number of rotatable bonds is 6. The average Bonchev–Trinajstić information content (AvgIpc) is 2.62. The van der Waals surface area contributed by atoms with Crippen LogP contribution in [0.15, 0.2) is 0 Å². The van der Waals surface area contributed by atoms with Crippen LogP contribution in [-0.4, -0.2) is 40.5 Å². The van der Waals surface area contributed by atoms with Gasteiger partial charge in [0.05, 0.1) is 0 Å². The van der Waals surface area contributed by atoms with Crippen molar-refractivity contribution in [2.24, 2.45) is 11.7 Å². The Bertz CT molecular complexity index is 309. The van der Waals surface area contributed by atoms with Crippen LogP contribution in [0.2, 0.25) is 0 Å². The Balaban J connectivity index is 2.60. The Morgan fingerprint density at radius 3 is 2.33 bits per heavy atom. The summed E-state index contributed by atoms with van der Waals surface area (Å²) in [7, 11) is 0. The van der Waals surface area contributed by atoms with Crippen LogP contribution in [0.4, 0.5) is 0 Å². The molecule has 0 heterocycles. The number of nitrogens with two attached hydrogens (primary N) is 1. The van der Waals surface area contributed by atoms with Crippen molar-refractivity contribution in [3.63, 3.8) is 0 Å². The number of carboxylic acids is 1. The Morgan fingerprint density at radius 1 is 1.33 bits per heavy atom. The summed E-state index contributed by atoms with van der Waals surface area (Å²) in [4.78, 5) is 24.4. The van der Waals surface area contributed by atoms with Gasteiger partial charge in [0.2, 0.25) is 5.91 Å². The Labute approximate surface area is 108 Å². The second kappa shape index (κ2) is 6.18. The number of carbonyl (C=O) groups is 2. The van der Waals surface area contributed by atoms with Gasteiger partial charge in [0.25, 0.3) is 0 Å². The molecule has 0 bridgehead atoms. The molecule has 18 heavy (non-hydrogen) atoms. The lowest BCUT2D eigenvalue weighted by Crippen LogP contribution is -2.46. The molecule has 3 N–H and O–H groups in total. The first-order valence-electron chi connectivity index (χ1n) is 6.61. The maximum absolute atomic E-state index is 12.2. The average molecular weight is 256 g/mol. The van der Waals surface area contributed by atoms with Gasteiger partial charge in [0, 0.05) is 18.5 Å². The molecule has 0 aromatic carbocycles. The van der Waals surface area contributed by atoms with Gasteiger partial charge in [0.15, 0.2) is 0 Å². The number of carbonyl (C=O) groups excluding carboxylic acids is 1. The van der Waals surface area contributed by atoms with E-state index in [1.807, 2.05) is 13.8 Å². The molecule has 0 aromatic heterocycles. The van der Waals surface area contributed by atoms with Gasteiger partial charge >= 0.3 is 5.97 Å². The first kappa shape index (κ1) is 15.0. The van der Waals surface area contributed by atoms with E-state index in [2.05, 4.69) is 0 Å². The molecular weight excluding hydrogens is 232 g/mol. The van der Waals surface area contributed by atoms with Crippen LogP contribution in [0.3, 0.4) is 0 Å². The molecule has 0 radical (unpaired) electrons. The molecular formula is C13H24N2O3. The van der Waals surface area contributed by atoms with Gasteiger partial charge in [-0.1, -0.05) is 26.7 Å². The number of aliphatic carboxylic acids is 1. The summed E-state index contributed by atoms with van der Waals surface area (Å²) in [6.45, 7) is 4.18. The van der Waals surface area contributed by atoms with Crippen molar-refractivity contribution < 1.29 is 14.7 Å². The van der Waals surface area contributed by atoms with Crippen LogP contribution in [0, 0.1) is 5.92 Å². The summed E-state index contributed by atoms with van der Waals surface area (Å²) in [5.41, 5.74) is 5.75. The molecule has 0 spiro atoms. The third kappa shape index (κ3) is 4.64. The summed E-state index contributed by atoms with van der Waals surface area (Å²) in [6.07, 6.45) is 4.12. The molecule has 1 fully saturated rings. The SMILES string of the molecule is CC(C)CN(CC(=O)O)C(=O)CC1(N)CCCC1. The molecule has 1 amide bonds. The number of hydrogen-bond donors (Lipinski definition) is 2. The van der Waals surface area contributed by atoms with Crippen LogP contribution in [0.1, 0.15) is 46.0 Å². The fourth-order valence-electron chi connectivity index (χ4n) is 2.53. The topological polar surface area (TPSA) is 83.6 Å². The second-order valence-corrected chi connectivity index (χ2v) is 5.81. The van der Waals surface area contributed by atoms with E-state index in [0.29, 0.717) is 6.54 Å². The normalized spacial score (nSPS) is 18.0. The predicted molar refractivity (Wildman–Crippen MR) is 69.1 cm³/mol. The van der Waals surface area contributed by atoms with Gasteiger partial charge in [-0.2, -0.15) is 0 Å². The minimum absolute atomic E-state index is 0.129. The number of carboxylic acid groups (broad SMARTS) is 1. The molecule has 5 nitrogen and oxygen atoms in total. The van der Waals surface area contributed by atoms with E-state index in [1.165, 1.54) is 4.90 Å². The quantitative estimate of drug-likeness (QED) is 0.748. The monoisotopic (exact) mass is 256 g/mol. The van der Waals surface area contributed by atoms with Gasteiger partial charge in [-0.25, -0.2) is 0 Å². The summed E-state index contributed by atoms with van der Waals surface area (Å²) in [5.74, 6) is -0.845. The van der Waals surface area contributed by atoms with E-state index in [9.17, 15) is 9.59 Å². The third-order valence-corrected chi connectivity index (χ3v) is 3.37. The molecule has 1 aliphatic carbocycles. The van der Waals surface area contributed by atoms with Gasteiger partial charge < -0.3 is 15.7 Å². The van der Waals surface area contributed by atoms with Gasteiger partial charge in [-0.15, -0.1) is 0 Å². The molecule has 5 heteroatoms. The van der Waals surface area contributed by atoms with E-state index in [-0.39, 0.29) is 24.8 Å². The standard InChI is InChI=1S/C13H24N2O3/c1-10(2)8-15(9-12(17)18)11(16)7-13(14)5-3-4-6-13/h10H,3-9,14H2,1-2H3,(H,17,18). The zero-order valence-electron chi connectivity index (χ0n) is 11.3. The van der Waals surface area contributed by atoms with Crippen LogP contribution in [0.25, 0.3) is 0 Å². The highest BCUT2D eigenvalue weighted by molar-refractivity contribution is 5.82. The van der Waals surface area contributed by atoms with E-state index in [0.717, 1.165) is 25.7 Å². The zero-order chi connectivity index (χ0) is 13.8. The Hall–Kier alpha value is -1.10. The molecule has 1 aliphatic rings. The number of nitrogens with zero attached hydrogens (tertiary/aromatic N) is 1. The number of amides is 1. The fourth-order valence-corrected chi connectivity index (χ4v) is 2.53. The lowest BCUT2D eigenvalue weighted by atomic mass is 9.94. The van der Waals surface area contributed by atoms with Crippen molar-refractivity contribution in [3.8, 4) is 0 Å². The molecule has 0 aromatic rings. The minimum Gasteiger partial charge on any atom is -0.480 e. The van der Waals surface area contributed by atoms with Crippen LogP contribution < -0.4 is 5.73 Å². The first-order valence-corrected chi connectivity index (χ1v) is 6.61. The lowest BCUT2D eigenvalue weighted by Gasteiger charge is -2.28. The van der Waals surface area contributed by atoms with Gasteiger partial charge in [-0.05, 0) is 18.8 Å². The highest BCUT2D eigenvalue weighted by Crippen LogP contribution is 2.30. The van der Waals surface area contributed by atoms with Crippen molar-refractivity contribution in [3.05, 3.63) is 0 Å². The second-order valence-electron chi connectivity index (χ2n) is 5.81. The van der Waals surface area contributed by atoms with Crippen molar-refractivity contribution in [2.45, 2.75) is 51.5 Å². The van der Waals surface area contributed by atoms with Crippen molar-refractivity contribution in [1.29, 1.82) is 0 Å². The van der Waals surface area contributed by atoms with Crippen molar-refractivity contribution >= 4 is 11.9 Å². The molecule has 104 valence electrons. The number of hydrogen-bond acceptors (Lipinski definition) is 3. The van der Waals surface area contributed by atoms with Crippen molar-refractivity contribution in [2.75, 3.05) is 13.1 Å². The molecule has 0 atom stereocenters. The molecule has 1 rings (SSSR count). The molecule has 0 aliphatic heterocycles. The Morgan fingerprint density at radius 2 is 1.89 bits per heavy atom. The fraction of sp³-hybridized carbons (Fsp3) is 0.846. The van der Waals surface area contributed by atoms with Crippen molar-refractivity contribution in [1.82, 2.24) is 4.90 Å². The summed E-state index contributed by atoms with van der Waals surface area (Å²) < 4.78 is 0. The molecule has 0 unspecified atom stereocenters. The Kier molecular flexibility index (Phi) is 5.14. The van der Waals surface area contributed by atoms with Crippen LogP contribution in [0.5, 0.6) is 0 Å². The smallest absolute Gasteiger partial charge is 0.323 e. The maximum Gasteiger partial charge on any atom is 0.323 e. The van der Waals surface area contributed by atoms with Crippen LogP contribution >= 0.6 is 0 Å². The van der Waals surface area contributed by atoms with E-state index >= 15 is 0 Å². The largest absolute Gasteiger partial charge is 0.480 e. The van der Waals surface area contributed by atoms with E-state index < -0.39 is 11.5 Å². The maximum atomic E-state index is 12.2. The zero-order valence-corrected chi connectivity index (χ0v) is 11.3. The summed E-state index contributed by atoms with van der Waals surface area (Å²) in [6, 6.07) is 0. The summed E-state index contributed by atoms with van der Waals surface area (Å²) >= 11 is 0. The van der Waals surface area contributed by atoms with Gasteiger partial charge in [-0.3, -0.25) is 9.59 Å². The predicted octanol–water partition coefficient (Wildman–Crippen LogP) is 1.22. The van der Waals surface area contributed by atoms with E-state index in [1.54, 1.807) is 0 Å². The highest BCUT2D eigenvalue weighted by Gasteiger charge is 2.33. The molecule has 1 saturated carbocycles. The highest BCUT2D eigenvalue weighted by atomic mass is 16.4. The summed E-state index contributed by atoms with van der Waals surface area (Å²) in [5, 5.41) is 8.85. The van der Waals surface area contributed by atoms with E-state index in [4.69, 9.17) is 10.8 Å². The molecule has 0 saturated heterocycles. The van der Waals surface area contributed by atoms with Gasteiger partial charge in [0.1, 0.15) is 6.54 Å². The first-order chi connectivity index (χ1) is 8.32.